The standard InChI is InChI=1S/C24H27N5O3/c1-17-18(2)29(15-19-6-5-13-32-19)24(20(17)14-25)26-23(31)16-27-9-11-28(12-10-27)21-7-3-4-8-22(21)30/h3-8,13,30H,9-12,15-16H2,1-2H3,(H,26,31). The number of furan rings is 1. The van der Waals surface area contributed by atoms with Crippen LogP contribution in [0.5, 0.6) is 5.75 Å². The summed E-state index contributed by atoms with van der Waals surface area (Å²) >= 11 is 0. The van der Waals surface area contributed by atoms with Gasteiger partial charge in [-0.2, -0.15) is 5.26 Å². The highest BCUT2D eigenvalue weighted by atomic mass is 16.3. The van der Waals surface area contributed by atoms with Gasteiger partial charge in [0.1, 0.15) is 23.4 Å². The van der Waals surface area contributed by atoms with Crippen LogP contribution in [0.1, 0.15) is 22.6 Å². The number of carbonyl (C=O) groups is 1. The van der Waals surface area contributed by atoms with Crippen molar-refractivity contribution in [3.63, 3.8) is 0 Å². The van der Waals surface area contributed by atoms with E-state index in [1.165, 1.54) is 0 Å². The van der Waals surface area contributed by atoms with Gasteiger partial charge in [-0.25, -0.2) is 0 Å². The van der Waals surface area contributed by atoms with Crippen LogP contribution in [0.25, 0.3) is 0 Å². The quantitative estimate of drug-likeness (QED) is 0.620. The molecule has 0 radical (unpaired) electrons. The number of anilines is 2. The zero-order valence-corrected chi connectivity index (χ0v) is 18.3. The molecule has 1 amide bonds. The molecule has 0 bridgehead atoms. The van der Waals surface area contributed by atoms with Crippen LogP contribution in [0.4, 0.5) is 11.5 Å². The molecule has 1 aromatic carbocycles. The van der Waals surface area contributed by atoms with Gasteiger partial charge in [0.05, 0.1) is 30.6 Å². The number of aromatic hydroxyl groups is 1. The number of hydrogen-bond donors (Lipinski definition) is 2. The normalized spacial score (nSPS) is 14.3. The SMILES string of the molecule is Cc1c(C#N)c(NC(=O)CN2CCN(c3ccccc3O)CC2)n(Cc2ccco2)c1C. The summed E-state index contributed by atoms with van der Waals surface area (Å²) in [6.45, 7) is 7.37. The number of benzene rings is 1. The second kappa shape index (κ2) is 9.20. The Hall–Kier alpha value is -3.70. The summed E-state index contributed by atoms with van der Waals surface area (Å²) in [4.78, 5) is 17.1. The van der Waals surface area contributed by atoms with E-state index in [9.17, 15) is 15.2 Å². The Balaban J connectivity index is 1.42. The fraction of sp³-hybridized carbons (Fsp3) is 0.333. The maximum atomic E-state index is 12.9. The maximum Gasteiger partial charge on any atom is 0.239 e. The minimum absolute atomic E-state index is 0.157. The molecule has 0 spiro atoms. The fourth-order valence-electron chi connectivity index (χ4n) is 4.14. The van der Waals surface area contributed by atoms with Crippen LogP contribution in [0.2, 0.25) is 0 Å². The maximum absolute atomic E-state index is 12.9. The molecule has 0 saturated carbocycles. The van der Waals surface area contributed by atoms with E-state index >= 15 is 0 Å². The summed E-state index contributed by atoms with van der Waals surface area (Å²) in [7, 11) is 0. The van der Waals surface area contributed by atoms with Gasteiger partial charge < -0.3 is 24.3 Å². The third-order valence-electron chi connectivity index (χ3n) is 6.05. The summed E-state index contributed by atoms with van der Waals surface area (Å²) in [5.74, 6) is 1.38. The van der Waals surface area contributed by atoms with E-state index in [2.05, 4.69) is 21.2 Å². The van der Waals surface area contributed by atoms with Crippen LogP contribution in [0.3, 0.4) is 0 Å². The number of rotatable bonds is 6. The number of aromatic nitrogens is 1. The molecule has 4 rings (SSSR count). The van der Waals surface area contributed by atoms with E-state index in [-0.39, 0.29) is 18.2 Å². The first-order chi connectivity index (χ1) is 15.5. The highest BCUT2D eigenvalue weighted by molar-refractivity contribution is 5.93. The van der Waals surface area contributed by atoms with Crippen molar-refractivity contribution in [3.05, 3.63) is 65.2 Å². The van der Waals surface area contributed by atoms with Gasteiger partial charge >= 0.3 is 0 Å². The molecule has 1 saturated heterocycles. The molecular weight excluding hydrogens is 406 g/mol. The molecule has 8 nitrogen and oxygen atoms in total. The van der Waals surface area contributed by atoms with Gasteiger partial charge in [-0.05, 0) is 43.7 Å². The number of piperazine rings is 1. The van der Waals surface area contributed by atoms with E-state index in [0.717, 1.165) is 35.8 Å². The molecule has 0 aliphatic carbocycles. The van der Waals surface area contributed by atoms with Crippen molar-refractivity contribution in [3.8, 4) is 11.8 Å². The average molecular weight is 434 g/mol. The molecule has 3 heterocycles. The predicted octanol–water partition coefficient (Wildman–Crippen LogP) is 3.08. The molecule has 32 heavy (non-hydrogen) atoms. The molecule has 1 aliphatic rings. The number of nitrogens with zero attached hydrogens (tertiary/aromatic N) is 4. The van der Waals surface area contributed by atoms with Crippen LogP contribution in [-0.4, -0.2) is 53.2 Å². The van der Waals surface area contributed by atoms with Crippen molar-refractivity contribution in [2.24, 2.45) is 0 Å². The molecule has 1 fully saturated rings. The monoisotopic (exact) mass is 433 g/mol. The molecule has 3 aromatic rings. The van der Waals surface area contributed by atoms with Gasteiger partial charge in [0.15, 0.2) is 0 Å². The molecule has 8 heteroatoms. The zero-order chi connectivity index (χ0) is 22.7. The minimum Gasteiger partial charge on any atom is -0.506 e. The van der Waals surface area contributed by atoms with Crippen LogP contribution < -0.4 is 10.2 Å². The van der Waals surface area contributed by atoms with Gasteiger partial charge in [0.25, 0.3) is 0 Å². The molecule has 2 aromatic heterocycles. The number of carbonyl (C=O) groups excluding carboxylic acids is 1. The molecule has 0 unspecified atom stereocenters. The summed E-state index contributed by atoms with van der Waals surface area (Å²) in [6.07, 6.45) is 1.61. The van der Waals surface area contributed by atoms with Gasteiger partial charge in [0.2, 0.25) is 5.91 Å². The van der Waals surface area contributed by atoms with E-state index < -0.39 is 0 Å². The van der Waals surface area contributed by atoms with Gasteiger partial charge in [-0.3, -0.25) is 9.69 Å². The lowest BCUT2D eigenvalue weighted by Gasteiger charge is -2.35. The van der Waals surface area contributed by atoms with Gasteiger partial charge in [0, 0.05) is 31.9 Å². The van der Waals surface area contributed by atoms with E-state index in [4.69, 9.17) is 4.42 Å². The highest BCUT2D eigenvalue weighted by Crippen LogP contribution is 2.28. The molecular formula is C24H27N5O3. The van der Waals surface area contributed by atoms with Crippen molar-refractivity contribution < 1.29 is 14.3 Å². The molecule has 1 aliphatic heterocycles. The molecule has 0 atom stereocenters. The lowest BCUT2D eigenvalue weighted by atomic mass is 10.2. The second-order valence-corrected chi connectivity index (χ2v) is 8.01. The van der Waals surface area contributed by atoms with Crippen molar-refractivity contribution in [2.75, 3.05) is 42.9 Å². The Labute approximate surface area is 187 Å². The predicted molar refractivity (Wildman–Crippen MR) is 122 cm³/mol. The summed E-state index contributed by atoms with van der Waals surface area (Å²) in [5, 5.41) is 22.7. The number of phenolic OH excluding ortho intramolecular Hbond substituents is 1. The van der Waals surface area contributed by atoms with E-state index in [1.54, 1.807) is 18.4 Å². The second-order valence-electron chi connectivity index (χ2n) is 8.01. The Kier molecular flexibility index (Phi) is 6.19. The summed E-state index contributed by atoms with van der Waals surface area (Å²) in [6, 6.07) is 13.2. The van der Waals surface area contributed by atoms with Crippen molar-refractivity contribution in [1.82, 2.24) is 9.47 Å². The molecule has 2 N–H and O–H groups in total. The smallest absolute Gasteiger partial charge is 0.239 e. The number of phenols is 1. The first-order valence-corrected chi connectivity index (χ1v) is 10.6. The first-order valence-electron chi connectivity index (χ1n) is 10.6. The van der Waals surface area contributed by atoms with Crippen LogP contribution >= 0.6 is 0 Å². The fourth-order valence-corrected chi connectivity index (χ4v) is 4.14. The Morgan fingerprint density at radius 1 is 1.16 bits per heavy atom. The van der Waals surface area contributed by atoms with Crippen molar-refractivity contribution >= 4 is 17.4 Å². The van der Waals surface area contributed by atoms with Crippen molar-refractivity contribution in [1.29, 1.82) is 5.26 Å². The number of hydrogen-bond acceptors (Lipinski definition) is 6. The van der Waals surface area contributed by atoms with Gasteiger partial charge in [-0.15, -0.1) is 0 Å². The lowest BCUT2D eigenvalue weighted by molar-refractivity contribution is -0.117. The minimum atomic E-state index is -0.157. The Morgan fingerprint density at radius 3 is 2.56 bits per heavy atom. The molecule has 166 valence electrons. The Bertz CT molecular complexity index is 1140. The van der Waals surface area contributed by atoms with Crippen LogP contribution in [-0.2, 0) is 11.3 Å². The topological polar surface area (TPSA) is 97.7 Å². The third-order valence-corrected chi connectivity index (χ3v) is 6.05. The summed E-state index contributed by atoms with van der Waals surface area (Å²) < 4.78 is 7.38. The number of amides is 1. The number of para-hydroxylation sites is 2. The third kappa shape index (κ3) is 4.34. The van der Waals surface area contributed by atoms with Crippen LogP contribution in [0.15, 0.2) is 47.1 Å². The van der Waals surface area contributed by atoms with Crippen molar-refractivity contribution in [2.45, 2.75) is 20.4 Å². The Morgan fingerprint density at radius 2 is 1.91 bits per heavy atom. The first kappa shape index (κ1) is 21.5. The zero-order valence-electron chi connectivity index (χ0n) is 18.3. The van der Waals surface area contributed by atoms with Gasteiger partial charge in [-0.1, -0.05) is 12.1 Å². The highest BCUT2D eigenvalue weighted by Gasteiger charge is 2.24. The number of nitrogens with one attached hydrogen (secondary N) is 1. The number of nitriles is 1. The largest absolute Gasteiger partial charge is 0.506 e. The average Bonchev–Trinajstić information content (AvgIpc) is 3.38. The van der Waals surface area contributed by atoms with Crippen LogP contribution in [0, 0.1) is 25.2 Å². The lowest BCUT2D eigenvalue weighted by Crippen LogP contribution is -2.48. The van der Waals surface area contributed by atoms with E-state index in [1.807, 2.05) is 42.7 Å². The van der Waals surface area contributed by atoms with E-state index in [0.29, 0.717) is 31.0 Å². The summed E-state index contributed by atoms with van der Waals surface area (Å²) in [5.41, 5.74) is 3.07.